The molecular weight excluding hydrogens is 376 g/mol. The van der Waals surface area contributed by atoms with Gasteiger partial charge in [0.2, 0.25) is 5.91 Å². The van der Waals surface area contributed by atoms with E-state index < -0.39 is 36.3 Å². The number of rotatable bonds is 9. The summed E-state index contributed by atoms with van der Waals surface area (Å²) in [6, 6.07) is 10.3. The molecule has 1 aliphatic rings. The van der Waals surface area contributed by atoms with Crippen molar-refractivity contribution >= 4 is 17.8 Å². The SMILES string of the molecule is CN(C)C1(c2ccccc2)CCC(CNC(=O)CC(O)(CC(=O)O)C(=O)O)CC1. The van der Waals surface area contributed by atoms with E-state index >= 15 is 0 Å². The van der Waals surface area contributed by atoms with Crippen LogP contribution in [0.1, 0.15) is 44.1 Å². The summed E-state index contributed by atoms with van der Waals surface area (Å²) in [5.74, 6) is -3.61. The van der Waals surface area contributed by atoms with Crippen molar-refractivity contribution in [2.75, 3.05) is 20.6 Å². The predicted molar refractivity (Wildman–Crippen MR) is 106 cm³/mol. The molecule has 1 fully saturated rings. The molecule has 1 amide bonds. The van der Waals surface area contributed by atoms with Crippen LogP contribution in [0.25, 0.3) is 0 Å². The van der Waals surface area contributed by atoms with Crippen LogP contribution in [0.2, 0.25) is 0 Å². The number of benzene rings is 1. The third-order valence-electron chi connectivity index (χ3n) is 5.98. The minimum Gasteiger partial charge on any atom is -0.481 e. The minimum atomic E-state index is -2.60. The maximum Gasteiger partial charge on any atom is 0.336 e. The molecule has 0 spiro atoms. The van der Waals surface area contributed by atoms with Crippen LogP contribution < -0.4 is 5.32 Å². The van der Waals surface area contributed by atoms with Crippen molar-refractivity contribution < 1.29 is 29.7 Å². The van der Waals surface area contributed by atoms with Gasteiger partial charge in [0, 0.05) is 12.1 Å². The lowest BCUT2D eigenvalue weighted by atomic mass is 9.72. The molecule has 0 bridgehead atoms. The highest BCUT2D eigenvalue weighted by Gasteiger charge is 2.41. The number of carboxylic acid groups (broad SMARTS) is 2. The predicted octanol–water partition coefficient (Wildman–Crippen LogP) is 1.43. The van der Waals surface area contributed by atoms with Gasteiger partial charge in [-0.25, -0.2) is 4.79 Å². The molecule has 0 saturated heterocycles. The fourth-order valence-corrected chi connectivity index (χ4v) is 4.15. The zero-order valence-corrected chi connectivity index (χ0v) is 16.9. The first-order valence-corrected chi connectivity index (χ1v) is 9.76. The largest absolute Gasteiger partial charge is 0.481 e. The normalized spacial score (nSPS) is 23.9. The maximum absolute atomic E-state index is 12.1. The van der Waals surface area contributed by atoms with Crippen molar-refractivity contribution in [2.24, 2.45) is 5.92 Å². The number of carboxylic acids is 2. The summed E-state index contributed by atoms with van der Waals surface area (Å²) in [6.45, 7) is 0.375. The third-order valence-corrected chi connectivity index (χ3v) is 5.98. The monoisotopic (exact) mass is 406 g/mol. The molecule has 1 aliphatic carbocycles. The first-order chi connectivity index (χ1) is 13.6. The van der Waals surface area contributed by atoms with Crippen LogP contribution in [0.15, 0.2) is 30.3 Å². The fraction of sp³-hybridized carbons (Fsp3) is 0.571. The average molecular weight is 406 g/mol. The summed E-state index contributed by atoms with van der Waals surface area (Å²) < 4.78 is 0. The van der Waals surface area contributed by atoms with Gasteiger partial charge in [0.15, 0.2) is 5.60 Å². The van der Waals surface area contributed by atoms with E-state index in [1.807, 2.05) is 18.2 Å². The van der Waals surface area contributed by atoms with Crippen LogP contribution in [-0.2, 0) is 19.9 Å². The van der Waals surface area contributed by atoms with Crippen molar-refractivity contribution in [3.8, 4) is 0 Å². The third kappa shape index (κ3) is 5.55. The van der Waals surface area contributed by atoms with Crippen molar-refractivity contribution in [3.05, 3.63) is 35.9 Å². The van der Waals surface area contributed by atoms with Crippen LogP contribution >= 0.6 is 0 Å². The number of amides is 1. The van der Waals surface area contributed by atoms with Gasteiger partial charge in [-0.15, -0.1) is 0 Å². The number of aliphatic carboxylic acids is 2. The first kappa shape index (κ1) is 22.8. The van der Waals surface area contributed by atoms with Gasteiger partial charge in [-0.3, -0.25) is 14.5 Å². The standard InChI is InChI=1S/C21H30N2O6/c1-23(2)20(16-6-4-3-5-7-16)10-8-15(9-11-20)14-22-17(24)12-21(29,19(27)28)13-18(25)26/h3-7,15,29H,8-14H2,1-2H3,(H,22,24)(H,25,26)(H,27,28). The van der Waals surface area contributed by atoms with Crippen molar-refractivity contribution in [1.82, 2.24) is 10.2 Å². The Morgan fingerprint density at radius 3 is 2.17 bits per heavy atom. The second-order valence-corrected chi connectivity index (χ2v) is 8.12. The minimum absolute atomic E-state index is 0.0488. The van der Waals surface area contributed by atoms with Crippen LogP contribution in [0.4, 0.5) is 0 Å². The van der Waals surface area contributed by atoms with E-state index in [-0.39, 0.29) is 11.5 Å². The lowest BCUT2D eigenvalue weighted by Crippen LogP contribution is -2.47. The van der Waals surface area contributed by atoms with Crippen LogP contribution in [0.3, 0.4) is 0 Å². The van der Waals surface area contributed by atoms with Crippen LogP contribution in [0, 0.1) is 5.92 Å². The Bertz CT molecular complexity index is 728. The van der Waals surface area contributed by atoms with Gasteiger partial charge in [-0.05, 0) is 51.3 Å². The van der Waals surface area contributed by atoms with E-state index in [4.69, 9.17) is 10.2 Å². The second-order valence-electron chi connectivity index (χ2n) is 8.12. The summed E-state index contributed by atoms with van der Waals surface area (Å²) in [4.78, 5) is 36.3. The summed E-state index contributed by atoms with van der Waals surface area (Å²) in [5.41, 5.74) is -1.38. The molecule has 8 nitrogen and oxygen atoms in total. The molecule has 4 N–H and O–H groups in total. The molecule has 1 unspecified atom stereocenters. The number of carbonyl (C=O) groups is 3. The van der Waals surface area contributed by atoms with Gasteiger partial charge in [0.1, 0.15) is 0 Å². The molecule has 160 valence electrons. The first-order valence-electron chi connectivity index (χ1n) is 9.76. The number of hydrogen-bond donors (Lipinski definition) is 4. The van der Waals surface area contributed by atoms with Gasteiger partial charge < -0.3 is 20.6 Å². The van der Waals surface area contributed by atoms with E-state index in [0.29, 0.717) is 6.54 Å². The second kappa shape index (κ2) is 9.37. The quantitative estimate of drug-likeness (QED) is 0.488. The molecular formula is C21H30N2O6. The lowest BCUT2D eigenvalue weighted by molar-refractivity contribution is -0.167. The van der Waals surface area contributed by atoms with Gasteiger partial charge in [0.25, 0.3) is 0 Å². The molecule has 1 saturated carbocycles. The number of nitrogens with zero attached hydrogens (tertiary/aromatic N) is 1. The molecule has 1 aromatic rings. The van der Waals surface area contributed by atoms with Crippen LogP contribution in [-0.4, -0.2) is 64.3 Å². The Morgan fingerprint density at radius 2 is 1.69 bits per heavy atom. The molecule has 0 aliphatic heterocycles. The molecule has 29 heavy (non-hydrogen) atoms. The van der Waals surface area contributed by atoms with Gasteiger partial charge in [-0.2, -0.15) is 0 Å². The highest BCUT2D eigenvalue weighted by molar-refractivity contribution is 5.90. The summed E-state index contributed by atoms with van der Waals surface area (Å²) >= 11 is 0. The number of nitrogens with one attached hydrogen (secondary N) is 1. The Balaban J connectivity index is 1.91. The Morgan fingerprint density at radius 1 is 1.10 bits per heavy atom. The van der Waals surface area contributed by atoms with E-state index in [2.05, 4.69) is 36.4 Å². The van der Waals surface area contributed by atoms with E-state index in [1.165, 1.54) is 5.56 Å². The molecule has 2 rings (SSSR count). The number of aliphatic hydroxyl groups is 1. The summed E-state index contributed by atoms with van der Waals surface area (Å²) in [7, 11) is 4.15. The Labute approximate surface area is 170 Å². The molecule has 0 aromatic heterocycles. The van der Waals surface area contributed by atoms with E-state index in [0.717, 1.165) is 25.7 Å². The highest BCUT2D eigenvalue weighted by Crippen LogP contribution is 2.42. The number of carbonyl (C=O) groups excluding carboxylic acids is 1. The van der Waals surface area contributed by atoms with Crippen LogP contribution in [0.5, 0.6) is 0 Å². The van der Waals surface area contributed by atoms with Gasteiger partial charge in [0.05, 0.1) is 12.8 Å². The topological polar surface area (TPSA) is 127 Å². The van der Waals surface area contributed by atoms with E-state index in [1.54, 1.807) is 0 Å². The Hall–Kier alpha value is -2.45. The summed E-state index contributed by atoms with van der Waals surface area (Å²) in [5, 5.41) is 30.5. The molecule has 1 atom stereocenters. The highest BCUT2D eigenvalue weighted by atomic mass is 16.4. The van der Waals surface area contributed by atoms with Crippen molar-refractivity contribution in [3.63, 3.8) is 0 Å². The van der Waals surface area contributed by atoms with Crippen molar-refractivity contribution in [1.29, 1.82) is 0 Å². The molecule has 1 aromatic carbocycles. The molecule has 0 heterocycles. The van der Waals surface area contributed by atoms with Gasteiger partial charge >= 0.3 is 11.9 Å². The molecule has 0 radical (unpaired) electrons. The zero-order valence-electron chi connectivity index (χ0n) is 16.9. The average Bonchev–Trinajstić information content (AvgIpc) is 2.66. The van der Waals surface area contributed by atoms with Gasteiger partial charge in [-0.1, -0.05) is 30.3 Å². The zero-order chi connectivity index (χ0) is 21.7. The smallest absolute Gasteiger partial charge is 0.336 e. The summed E-state index contributed by atoms with van der Waals surface area (Å²) in [6.07, 6.45) is 1.84. The van der Waals surface area contributed by atoms with E-state index in [9.17, 15) is 19.5 Å². The molecule has 8 heteroatoms. The fourth-order valence-electron chi connectivity index (χ4n) is 4.15. The lowest BCUT2D eigenvalue weighted by Gasteiger charge is -2.45. The van der Waals surface area contributed by atoms with Crippen molar-refractivity contribution in [2.45, 2.75) is 49.7 Å². The maximum atomic E-state index is 12.1. The number of hydrogen-bond acceptors (Lipinski definition) is 5. The Kier molecular flexibility index (Phi) is 7.37.